The van der Waals surface area contributed by atoms with Crippen molar-refractivity contribution in [1.82, 2.24) is 4.90 Å². The molecule has 34 heavy (non-hydrogen) atoms. The van der Waals surface area contributed by atoms with Crippen LogP contribution < -0.4 is 9.64 Å². The summed E-state index contributed by atoms with van der Waals surface area (Å²) in [5.74, 6) is 0.922. The molecule has 0 spiro atoms. The van der Waals surface area contributed by atoms with Crippen LogP contribution in [0.5, 0.6) is 5.75 Å². The number of nitrogens with zero attached hydrogens (tertiary/aromatic N) is 2. The fourth-order valence-corrected chi connectivity index (χ4v) is 4.61. The molecule has 4 rings (SSSR count). The second kappa shape index (κ2) is 12.4. The smallest absolute Gasteiger partial charge is 0.119 e. The Morgan fingerprint density at radius 3 is 2.09 bits per heavy atom. The van der Waals surface area contributed by atoms with Crippen LogP contribution in [0.1, 0.15) is 37.8 Å². The van der Waals surface area contributed by atoms with Gasteiger partial charge in [-0.05, 0) is 68.5 Å². The van der Waals surface area contributed by atoms with Gasteiger partial charge in [-0.15, -0.1) is 0 Å². The molecule has 1 fully saturated rings. The number of anilines is 1. The zero-order valence-electron chi connectivity index (χ0n) is 20.7. The van der Waals surface area contributed by atoms with Crippen molar-refractivity contribution < 1.29 is 4.74 Å². The van der Waals surface area contributed by atoms with Gasteiger partial charge < -0.3 is 14.5 Å². The molecule has 1 heterocycles. The van der Waals surface area contributed by atoms with E-state index in [1.807, 2.05) is 6.07 Å². The van der Waals surface area contributed by atoms with Crippen LogP contribution in [-0.4, -0.2) is 37.1 Å². The molecule has 0 unspecified atom stereocenters. The third kappa shape index (κ3) is 7.23. The Hall–Kier alpha value is -3.04. The van der Waals surface area contributed by atoms with Crippen molar-refractivity contribution in [2.45, 2.75) is 45.8 Å². The Bertz CT molecular complexity index is 1000. The molecule has 0 bridgehead atoms. The van der Waals surface area contributed by atoms with E-state index >= 15 is 0 Å². The summed E-state index contributed by atoms with van der Waals surface area (Å²) in [5.41, 5.74) is 5.28. The molecule has 3 heteroatoms. The van der Waals surface area contributed by atoms with Crippen molar-refractivity contribution in [2.75, 3.05) is 31.1 Å². The lowest BCUT2D eigenvalue weighted by Gasteiger charge is -2.39. The third-order valence-electron chi connectivity index (χ3n) is 6.67. The fourth-order valence-electron chi connectivity index (χ4n) is 4.61. The molecule has 0 N–H and O–H groups in total. The molecule has 0 atom stereocenters. The first-order valence-corrected chi connectivity index (χ1v) is 12.6. The minimum atomic E-state index is 0.569. The average Bonchev–Trinajstić information content (AvgIpc) is 2.89. The summed E-state index contributed by atoms with van der Waals surface area (Å²) in [7, 11) is 0. The van der Waals surface area contributed by atoms with Crippen LogP contribution >= 0.6 is 0 Å². The molecule has 3 nitrogen and oxygen atoms in total. The number of rotatable bonds is 10. The van der Waals surface area contributed by atoms with Gasteiger partial charge in [0.1, 0.15) is 12.4 Å². The molecule has 178 valence electrons. The molecular formula is C31H38N2O. The van der Waals surface area contributed by atoms with E-state index in [2.05, 4.69) is 109 Å². The molecule has 0 aromatic heterocycles. The van der Waals surface area contributed by atoms with E-state index in [1.165, 1.54) is 48.3 Å². The first kappa shape index (κ1) is 24.1. The van der Waals surface area contributed by atoms with Gasteiger partial charge in [-0.3, -0.25) is 0 Å². The number of benzene rings is 3. The SMILES string of the molecule is CC(C)=CCN(c1ccc(OCc2ccccc2)cc1)C1CCN(CCc2ccccc2)CC1. The zero-order chi connectivity index (χ0) is 23.6. The largest absolute Gasteiger partial charge is 0.489 e. The van der Waals surface area contributed by atoms with Crippen LogP contribution in [0.3, 0.4) is 0 Å². The highest BCUT2D eigenvalue weighted by molar-refractivity contribution is 5.51. The monoisotopic (exact) mass is 454 g/mol. The van der Waals surface area contributed by atoms with Crippen LogP contribution in [0, 0.1) is 0 Å². The molecule has 0 aliphatic carbocycles. The minimum Gasteiger partial charge on any atom is -0.489 e. The van der Waals surface area contributed by atoms with Crippen LogP contribution in [0.15, 0.2) is 96.6 Å². The molecule has 1 aliphatic rings. The van der Waals surface area contributed by atoms with E-state index in [1.54, 1.807) is 0 Å². The zero-order valence-corrected chi connectivity index (χ0v) is 20.7. The maximum Gasteiger partial charge on any atom is 0.119 e. The first-order valence-electron chi connectivity index (χ1n) is 12.6. The van der Waals surface area contributed by atoms with Crippen molar-refractivity contribution in [3.8, 4) is 5.75 Å². The molecule has 0 amide bonds. The Kier molecular flexibility index (Phi) is 8.81. The van der Waals surface area contributed by atoms with E-state index < -0.39 is 0 Å². The number of piperidine rings is 1. The average molecular weight is 455 g/mol. The van der Waals surface area contributed by atoms with Gasteiger partial charge in [0.25, 0.3) is 0 Å². The predicted octanol–water partition coefficient (Wildman–Crippen LogP) is 6.75. The van der Waals surface area contributed by atoms with Gasteiger partial charge >= 0.3 is 0 Å². The van der Waals surface area contributed by atoms with Gasteiger partial charge in [-0.1, -0.05) is 72.3 Å². The summed E-state index contributed by atoms with van der Waals surface area (Å²) in [6.07, 6.45) is 5.90. The highest BCUT2D eigenvalue weighted by atomic mass is 16.5. The molecular weight excluding hydrogens is 416 g/mol. The van der Waals surface area contributed by atoms with Gasteiger partial charge in [-0.2, -0.15) is 0 Å². The number of hydrogen-bond donors (Lipinski definition) is 0. The van der Waals surface area contributed by atoms with Crippen LogP contribution in [0.25, 0.3) is 0 Å². The van der Waals surface area contributed by atoms with Crippen LogP contribution in [0.4, 0.5) is 5.69 Å². The summed E-state index contributed by atoms with van der Waals surface area (Å²) in [4.78, 5) is 5.21. The summed E-state index contributed by atoms with van der Waals surface area (Å²) in [5, 5.41) is 0. The predicted molar refractivity (Wildman–Crippen MR) is 144 cm³/mol. The molecule has 3 aromatic carbocycles. The van der Waals surface area contributed by atoms with Crippen molar-refractivity contribution in [1.29, 1.82) is 0 Å². The molecule has 1 saturated heterocycles. The number of ether oxygens (including phenoxy) is 1. The Morgan fingerprint density at radius 2 is 1.47 bits per heavy atom. The minimum absolute atomic E-state index is 0.569. The van der Waals surface area contributed by atoms with Gasteiger partial charge in [0.15, 0.2) is 0 Å². The normalized spacial score (nSPS) is 14.5. The van der Waals surface area contributed by atoms with Gasteiger partial charge in [0.05, 0.1) is 0 Å². The van der Waals surface area contributed by atoms with Crippen LogP contribution in [-0.2, 0) is 13.0 Å². The van der Waals surface area contributed by atoms with E-state index in [9.17, 15) is 0 Å². The van der Waals surface area contributed by atoms with Gasteiger partial charge in [-0.25, -0.2) is 0 Å². The fraction of sp³-hybridized carbons (Fsp3) is 0.355. The lowest BCUT2D eigenvalue weighted by Crippen LogP contribution is -2.45. The van der Waals surface area contributed by atoms with E-state index in [-0.39, 0.29) is 0 Å². The van der Waals surface area contributed by atoms with Gasteiger partial charge in [0.2, 0.25) is 0 Å². The standard InChI is InChI=1S/C31H38N2O/c1-26(2)17-24-33(29-13-15-31(16-14-29)34-25-28-11-7-4-8-12-28)30-19-22-32(23-20-30)21-18-27-9-5-3-6-10-27/h3-17,30H,18-25H2,1-2H3. The maximum atomic E-state index is 6.01. The number of likely N-dealkylation sites (tertiary alicyclic amines) is 1. The van der Waals surface area contributed by atoms with E-state index in [0.717, 1.165) is 25.3 Å². The molecule has 3 aromatic rings. The second-order valence-corrected chi connectivity index (χ2v) is 9.51. The summed E-state index contributed by atoms with van der Waals surface area (Å²) in [6.45, 7) is 9.42. The highest BCUT2D eigenvalue weighted by Gasteiger charge is 2.24. The van der Waals surface area contributed by atoms with E-state index in [0.29, 0.717) is 12.6 Å². The topological polar surface area (TPSA) is 15.7 Å². The van der Waals surface area contributed by atoms with Crippen molar-refractivity contribution in [3.63, 3.8) is 0 Å². The summed E-state index contributed by atoms with van der Waals surface area (Å²) < 4.78 is 6.01. The number of hydrogen-bond acceptors (Lipinski definition) is 3. The molecule has 0 radical (unpaired) electrons. The third-order valence-corrected chi connectivity index (χ3v) is 6.67. The second-order valence-electron chi connectivity index (χ2n) is 9.51. The number of allylic oxidation sites excluding steroid dienone is 1. The molecule has 0 saturated carbocycles. The Labute approximate surface area is 205 Å². The van der Waals surface area contributed by atoms with Crippen LogP contribution in [0.2, 0.25) is 0 Å². The van der Waals surface area contributed by atoms with Crippen molar-refractivity contribution >= 4 is 5.69 Å². The lowest BCUT2D eigenvalue weighted by atomic mass is 10.0. The maximum absolute atomic E-state index is 6.01. The first-order chi connectivity index (χ1) is 16.7. The van der Waals surface area contributed by atoms with Crippen molar-refractivity contribution in [3.05, 3.63) is 108 Å². The highest BCUT2D eigenvalue weighted by Crippen LogP contribution is 2.26. The summed E-state index contributed by atoms with van der Waals surface area (Å²) >= 11 is 0. The van der Waals surface area contributed by atoms with Gasteiger partial charge in [0, 0.05) is 37.9 Å². The van der Waals surface area contributed by atoms with E-state index in [4.69, 9.17) is 4.74 Å². The Morgan fingerprint density at radius 1 is 0.853 bits per heavy atom. The Balaban J connectivity index is 1.34. The quantitative estimate of drug-likeness (QED) is 0.315. The van der Waals surface area contributed by atoms with Crippen molar-refractivity contribution in [2.24, 2.45) is 0 Å². The molecule has 1 aliphatic heterocycles. The summed E-state index contributed by atoms with van der Waals surface area (Å²) in [6, 6.07) is 30.4. The lowest BCUT2D eigenvalue weighted by molar-refractivity contribution is 0.212.